The van der Waals surface area contributed by atoms with Gasteiger partial charge in [-0.15, -0.1) is 0 Å². The molecule has 148 valence electrons. The molecule has 0 radical (unpaired) electrons. The highest BCUT2D eigenvalue weighted by Gasteiger charge is 2.42. The van der Waals surface area contributed by atoms with E-state index in [0.717, 1.165) is 34.1 Å². The Labute approximate surface area is 181 Å². The molecule has 0 saturated heterocycles. The molecule has 0 unspecified atom stereocenters. The van der Waals surface area contributed by atoms with E-state index in [1.807, 2.05) is 36.4 Å². The van der Waals surface area contributed by atoms with Gasteiger partial charge in [0.1, 0.15) is 11.3 Å². The Morgan fingerprint density at radius 1 is 0.967 bits per heavy atom. The maximum Gasteiger partial charge on any atom is 0.343 e. The average molecular weight is 460 g/mol. The van der Waals surface area contributed by atoms with Crippen LogP contribution in [0.5, 0.6) is 5.75 Å². The Hall–Kier alpha value is -3.05. The van der Waals surface area contributed by atoms with Crippen molar-refractivity contribution in [1.82, 2.24) is 0 Å². The molecule has 2 atom stereocenters. The summed E-state index contributed by atoms with van der Waals surface area (Å²) >= 11 is 3.51. The first-order valence-electron chi connectivity index (χ1n) is 10.0. The van der Waals surface area contributed by atoms with Crippen molar-refractivity contribution in [3.8, 4) is 5.75 Å². The molecule has 5 heteroatoms. The summed E-state index contributed by atoms with van der Waals surface area (Å²) in [6.07, 6.45) is 0.579. The standard InChI is InChI=1S/C25H18BrNO3/c26-16-11-9-15(10-12-16)14-27-20-7-3-1-5-17(20)19-13-22(27)30-24-18-6-2-4-8-21(18)29-25(28)23(19)24/h1-12,19,22H,13-14H2/t19-,22+/m0/s1. The van der Waals surface area contributed by atoms with Gasteiger partial charge in [0, 0.05) is 29.0 Å². The van der Waals surface area contributed by atoms with E-state index in [4.69, 9.17) is 9.15 Å². The lowest BCUT2D eigenvalue weighted by molar-refractivity contribution is 0.149. The fraction of sp³-hybridized carbons (Fsp3) is 0.160. The van der Waals surface area contributed by atoms with Gasteiger partial charge in [0.25, 0.3) is 0 Å². The number of rotatable bonds is 2. The molecular weight excluding hydrogens is 442 g/mol. The Morgan fingerprint density at radius 2 is 1.73 bits per heavy atom. The molecule has 3 aromatic carbocycles. The molecule has 0 saturated carbocycles. The summed E-state index contributed by atoms with van der Waals surface area (Å²) in [6.45, 7) is 0.733. The molecule has 4 nitrogen and oxygen atoms in total. The number of hydrogen-bond donors (Lipinski definition) is 0. The van der Waals surface area contributed by atoms with Gasteiger partial charge in [0.05, 0.1) is 10.9 Å². The fourth-order valence-corrected chi connectivity index (χ4v) is 4.98. The minimum absolute atomic E-state index is 0.0306. The molecule has 1 aromatic heterocycles. The first kappa shape index (κ1) is 17.8. The van der Waals surface area contributed by atoms with Crippen LogP contribution in [0, 0.1) is 0 Å². The van der Waals surface area contributed by atoms with Gasteiger partial charge in [0.2, 0.25) is 0 Å². The fourth-order valence-electron chi connectivity index (χ4n) is 4.71. The number of ether oxygens (including phenoxy) is 1. The summed E-state index contributed by atoms with van der Waals surface area (Å²) < 4.78 is 13.2. The minimum atomic E-state index is -0.302. The maximum absolute atomic E-state index is 12.9. The second-order valence-corrected chi connectivity index (χ2v) is 8.72. The predicted molar refractivity (Wildman–Crippen MR) is 120 cm³/mol. The monoisotopic (exact) mass is 459 g/mol. The molecule has 0 amide bonds. The molecule has 2 aliphatic heterocycles. The lowest BCUT2D eigenvalue weighted by atomic mass is 9.81. The molecule has 30 heavy (non-hydrogen) atoms. The van der Waals surface area contributed by atoms with Crippen molar-refractivity contribution in [3.63, 3.8) is 0 Å². The van der Waals surface area contributed by atoms with Crippen LogP contribution in [-0.4, -0.2) is 6.23 Å². The van der Waals surface area contributed by atoms with Crippen LogP contribution in [0.25, 0.3) is 11.0 Å². The van der Waals surface area contributed by atoms with Crippen LogP contribution in [0.15, 0.2) is 86.5 Å². The largest absolute Gasteiger partial charge is 0.469 e. The lowest BCUT2D eigenvalue weighted by Gasteiger charge is -2.45. The Bertz CT molecular complexity index is 1330. The summed E-state index contributed by atoms with van der Waals surface area (Å²) in [4.78, 5) is 15.2. The molecule has 2 bridgehead atoms. The van der Waals surface area contributed by atoms with E-state index in [2.05, 4.69) is 57.2 Å². The Morgan fingerprint density at radius 3 is 2.60 bits per heavy atom. The van der Waals surface area contributed by atoms with Crippen molar-refractivity contribution in [2.75, 3.05) is 4.90 Å². The highest BCUT2D eigenvalue weighted by Crippen LogP contribution is 2.49. The molecule has 6 rings (SSSR count). The zero-order valence-corrected chi connectivity index (χ0v) is 17.6. The van der Waals surface area contributed by atoms with Gasteiger partial charge < -0.3 is 14.1 Å². The number of halogens is 1. The Kier molecular flexibility index (Phi) is 4.00. The zero-order valence-electron chi connectivity index (χ0n) is 16.0. The van der Waals surface area contributed by atoms with E-state index in [-0.39, 0.29) is 17.8 Å². The van der Waals surface area contributed by atoms with Gasteiger partial charge in [-0.05, 0) is 41.5 Å². The van der Waals surface area contributed by atoms with E-state index < -0.39 is 0 Å². The second-order valence-electron chi connectivity index (χ2n) is 7.80. The van der Waals surface area contributed by atoms with Gasteiger partial charge in [-0.2, -0.15) is 0 Å². The van der Waals surface area contributed by atoms with E-state index in [9.17, 15) is 4.79 Å². The maximum atomic E-state index is 12.9. The summed E-state index contributed by atoms with van der Waals surface area (Å²) in [5.41, 5.74) is 4.37. The van der Waals surface area contributed by atoms with E-state index in [1.165, 1.54) is 5.56 Å². The van der Waals surface area contributed by atoms with Crippen molar-refractivity contribution in [2.24, 2.45) is 0 Å². The third-order valence-electron chi connectivity index (χ3n) is 6.07. The highest BCUT2D eigenvalue weighted by atomic mass is 79.9. The quantitative estimate of drug-likeness (QED) is 0.354. The molecule has 3 heterocycles. The molecule has 4 aromatic rings. The Balaban J connectivity index is 1.53. The van der Waals surface area contributed by atoms with Gasteiger partial charge in [0.15, 0.2) is 6.23 Å². The number of benzene rings is 3. The van der Waals surface area contributed by atoms with Crippen LogP contribution in [-0.2, 0) is 6.54 Å². The van der Waals surface area contributed by atoms with Gasteiger partial charge >= 0.3 is 5.63 Å². The summed E-state index contributed by atoms with van der Waals surface area (Å²) in [5, 5.41) is 0.852. The second kappa shape index (κ2) is 6.74. The predicted octanol–water partition coefficient (Wildman–Crippen LogP) is 5.82. The van der Waals surface area contributed by atoms with Crippen molar-refractivity contribution in [2.45, 2.75) is 25.1 Å². The third kappa shape index (κ3) is 2.69. The molecule has 0 spiro atoms. The number of anilines is 1. The van der Waals surface area contributed by atoms with Crippen LogP contribution in [0.1, 0.15) is 29.0 Å². The molecule has 0 aliphatic carbocycles. The SMILES string of the molecule is O=c1oc2ccccc2c2c1[C@H]1C[C@@H](O2)N(Cc2ccc(Br)cc2)c2ccccc21. The molecule has 0 fully saturated rings. The van der Waals surface area contributed by atoms with Crippen LogP contribution in [0.4, 0.5) is 5.69 Å². The lowest BCUT2D eigenvalue weighted by Crippen LogP contribution is -2.47. The van der Waals surface area contributed by atoms with Crippen LogP contribution < -0.4 is 15.3 Å². The van der Waals surface area contributed by atoms with Gasteiger partial charge in [-0.25, -0.2) is 4.79 Å². The highest BCUT2D eigenvalue weighted by molar-refractivity contribution is 9.10. The first-order chi connectivity index (χ1) is 14.7. The van der Waals surface area contributed by atoms with Crippen molar-refractivity contribution < 1.29 is 9.15 Å². The number of nitrogens with zero attached hydrogens (tertiary/aromatic N) is 1. The van der Waals surface area contributed by atoms with Crippen LogP contribution >= 0.6 is 15.9 Å². The zero-order chi connectivity index (χ0) is 20.2. The van der Waals surface area contributed by atoms with Crippen molar-refractivity contribution >= 4 is 32.6 Å². The minimum Gasteiger partial charge on any atom is -0.469 e. The average Bonchev–Trinajstić information content (AvgIpc) is 2.78. The van der Waals surface area contributed by atoms with Crippen LogP contribution in [0.2, 0.25) is 0 Å². The number of hydrogen-bond acceptors (Lipinski definition) is 4. The molecular formula is C25H18BrNO3. The summed E-state index contributed by atoms with van der Waals surface area (Å²) in [7, 11) is 0. The van der Waals surface area contributed by atoms with E-state index in [0.29, 0.717) is 16.9 Å². The van der Waals surface area contributed by atoms with E-state index in [1.54, 1.807) is 0 Å². The molecule has 0 N–H and O–H groups in total. The topological polar surface area (TPSA) is 42.7 Å². The van der Waals surface area contributed by atoms with Gasteiger partial charge in [-0.1, -0.05) is 58.4 Å². The van der Waals surface area contributed by atoms with Crippen LogP contribution in [0.3, 0.4) is 0 Å². The normalized spacial score (nSPS) is 19.2. The smallest absolute Gasteiger partial charge is 0.343 e. The van der Waals surface area contributed by atoms with Crippen molar-refractivity contribution in [3.05, 3.63) is 104 Å². The summed E-state index contributed by atoms with van der Waals surface area (Å²) in [5.74, 6) is 0.635. The van der Waals surface area contributed by atoms with Gasteiger partial charge in [-0.3, -0.25) is 0 Å². The van der Waals surface area contributed by atoms with E-state index >= 15 is 0 Å². The third-order valence-corrected chi connectivity index (χ3v) is 6.60. The van der Waals surface area contributed by atoms with Crippen molar-refractivity contribution in [1.29, 1.82) is 0 Å². The number of fused-ring (bicyclic) bond motifs is 8. The molecule has 2 aliphatic rings. The summed E-state index contributed by atoms with van der Waals surface area (Å²) in [6, 6.07) is 24.3. The first-order valence-corrected chi connectivity index (χ1v) is 10.8. The number of para-hydroxylation sites is 2.